The summed E-state index contributed by atoms with van der Waals surface area (Å²) in [6, 6.07) is 3.01. The van der Waals surface area contributed by atoms with E-state index in [0.29, 0.717) is 24.6 Å². The second-order valence-corrected chi connectivity index (χ2v) is 11.1. The van der Waals surface area contributed by atoms with Gasteiger partial charge in [-0.2, -0.15) is 21.3 Å². The van der Waals surface area contributed by atoms with Gasteiger partial charge in [-0.25, -0.2) is 4.98 Å². The molecule has 202 valence electrons. The number of piperidine rings is 1. The Kier molecular flexibility index (Phi) is 9.02. The number of anilines is 2. The number of carbonyl (C=O) groups is 1. The van der Waals surface area contributed by atoms with Crippen molar-refractivity contribution in [1.82, 2.24) is 29.3 Å². The lowest BCUT2D eigenvalue weighted by atomic mass is 9.96. The van der Waals surface area contributed by atoms with Crippen LogP contribution in [0.3, 0.4) is 0 Å². The second-order valence-electron chi connectivity index (χ2n) is 10.3. The van der Waals surface area contributed by atoms with Gasteiger partial charge in [0, 0.05) is 56.7 Å². The third kappa shape index (κ3) is 6.06. The first-order valence-corrected chi connectivity index (χ1v) is 14.6. The fourth-order valence-corrected chi connectivity index (χ4v) is 5.93. The van der Waals surface area contributed by atoms with E-state index < -0.39 is 0 Å². The van der Waals surface area contributed by atoms with Gasteiger partial charge in [0.05, 0.1) is 11.6 Å². The molecule has 4 heterocycles. The van der Waals surface area contributed by atoms with Gasteiger partial charge in [0.2, 0.25) is 11.9 Å². The summed E-state index contributed by atoms with van der Waals surface area (Å²) in [5, 5.41) is 7.72. The average molecular weight is 527 g/mol. The minimum absolute atomic E-state index is 0.0308. The molecule has 37 heavy (non-hydrogen) atoms. The summed E-state index contributed by atoms with van der Waals surface area (Å²) in [5.41, 5.74) is 2.60. The highest BCUT2D eigenvalue weighted by molar-refractivity contribution is 7.08. The number of imidazole rings is 1. The zero-order chi connectivity index (χ0) is 26.5. The van der Waals surface area contributed by atoms with Crippen molar-refractivity contribution in [3.8, 4) is 5.69 Å². The number of hydrogen-bond donors (Lipinski definition) is 1. The van der Waals surface area contributed by atoms with Crippen molar-refractivity contribution in [1.29, 1.82) is 0 Å². The van der Waals surface area contributed by atoms with Crippen molar-refractivity contribution in [2.75, 3.05) is 49.5 Å². The van der Waals surface area contributed by atoms with Crippen LogP contribution in [-0.4, -0.2) is 86.6 Å². The molecule has 1 atom stereocenters. The van der Waals surface area contributed by atoms with Gasteiger partial charge in [0.1, 0.15) is 6.33 Å². The van der Waals surface area contributed by atoms with E-state index in [2.05, 4.69) is 59.6 Å². The summed E-state index contributed by atoms with van der Waals surface area (Å²) >= 11 is 1.65. The van der Waals surface area contributed by atoms with Gasteiger partial charge in [-0.3, -0.25) is 14.3 Å². The van der Waals surface area contributed by atoms with Gasteiger partial charge in [-0.15, -0.1) is 0 Å². The van der Waals surface area contributed by atoms with Gasteiger partial charge in [-0.1, -0.05) is 0 Å². The second kappa shape index (κ2) is 12.2. The van der Waals surface area contributed by atoms with E-state index in [0.717, 1.165) is 68.2 Å². The van der Waals surface area contributed by atoms with Crippen LogP contribution in [-0.2, 0) is 4.79 Å². The first-order valence-electron chi connectivity index (χ1n) is 13.6. The van der Waals surface area contributed by atoms with E-state index in [9.17, 15) is 4.79 Å². The predicted molar refractivity (Wildman–Crippen MR) is 153 cm³/mol. The largest absolute Gasteiger partial charge is 0.367 e. The number of hydrogen-bond acceptors (Lipinski definition) is 8. The van der Waals surface area contributed by atoms with Crippen LogP contribution in [0.4, 0.5) is 11.8 Å². The fraction of sp³-hybridized carbons (Fsp3) is 0.630. The van der Waals surface area contributed by atoms with Crippen LogP contribution in [0.2, 0.25) is 0 Å². The highest BCUT2D eigenvalue weighted by atomic mass is 32.1. The van der Waals surface area contributed by atoms with Crippen LogP contribution in [0, 0.1) is 5.92 Å². The monoisotopic (exact) mass is 526 g/mol. The van der Waals surface area contributed by atoms with Crippen molar-refractivity contribution in [2.45, 2.75) is 66.5 Å². The Morgan fingerprint density at radius 1 is 1.19 bits per heavy atom. The molecule has 1 amide bonds. The molecular formula is C27H42N8OS. The summed E-state index contributed by atoms with van der Waals surface area (Å²) in [5.74, 6) is 1.61. The maximum atomic E-state index is 13.1. The van der Waals surface area contributed by atoms with Crippen LogP contribution in [0.1, 0.15) is 54.4 Å². The number of aromatic nitrogens is 4. The minimum Gasteiger partial charge on any atom is -0.367 e. The molecule has 9 nitrogen and oxygen atoms in total. The molecule has 4 rings (SSSR count). The Balaban J connectivity index is 1.64. The van der Waals surface area contributed by atoms with E-state index in [4.69, 9.17) is 15.0 Å². The van der Waals surface area contributed by atoms with E-state index in [-0.39, 0.29) is 11.8 Å². The zero-order valence-electron chi connectivity index (χ0n) is 23.1. The van der Waals surface area contributed by atoms with Gasteiger partial charge < -0.3 is 15.1 Å². The summed E-state index contributed by atoms with van der Waals surface area (Å²) < 4.78 is 2.03. The maximum Gasteiger partial charge on any atom is 0.229 e. The number of thiophene rings is 1. The Hall–Kier alpha value is -2.72. The van der Waals surface area contributed by atoms with Crippen LogP contribution >= 0.6 is 11.3 Å². The van der Waals surface area contributed by atoms with Crippen LogP contribution in [0.5, 0.6) is 0 Å². The van der Waals surface area contributed by atoms with Crippen molar-refractivity contribution in [2.24, 2.45) is 5.92 Å². The summed E-state index contributed by atoms with van der Waals surface area (Å²) in [4.78, 5) is 34.4. The fourth-order valence-electron chi connectivity index (χ4n) is 5.31. The van der Waals surface area contributed by atoms with E-state index >= 15 is 0 Å². The topological polar surface area (TPSA) is 82.4 Å². The molecule has 0 radical (unpaired) electrons. The maximum absolute atomic E-state index is 13.1. The molecule has 1 fully saturated rings. The summed E-state index contributed by atoms with van der Waals surface area (Å²) in [7, 11) is 0. The number of fused-ring (bicyclic) bond motifs is 1. The van der Waals surface area contributed by atoms with Crippen LogP contribution in [0.15, 0.2) is 23.2 Å². The number of nitrogens with one attached hydrogen (secondary N) is 1. The van der Waals surface area contributed by atoms with Crippen molar-refractivity contribution in [3.05, 3.63) is 23.2 Å². The molecule has 1 N–H and O–H groups in total. The molecule has 0 spiro atoms. The number of rotatable bonds is 11. The average Bonchev–Trinajstić information content (AvgIpc) is 3.56. The lowest BCUT2D eigenvalue weighted by Crippen LogP contribution is -2.45. The Morgan fingerprint density at radius 2 is 1.95 bits per heavy atom. The SMILES string of the molecule is CCN(CC)C(=O)C1CCCN(c2nc(NCCN(C(C)C)C(C)C)c3ncn(-c4ccsc4)c3n2)C1. The molecule has 0 bridgehead atoms. The van der Waals surface area contributed by atoms with E-state index in [1.807, 2.05) is 29.6 Å². The highest BCUT2D eigenvalue weighted by Crippen LogP contribution is 2.28. The normalized spacial score (nSPS) is 16.4. The molecule has 10 heteroatoms. The molecule has 1 saturated heterocycles. The Bertz CT molecular complexity index is 1150. The predicted octanol–water partition coefficient (Wildman–Crippen LogP) is 4.49. The number of amides is 1. The van der Waals surface area contributed by atoms with Crippen LogP contribution in [0.25, 0.3) is 16.9 Å². The molecule has 1 aliphatic rings. The smallest absolute Gasteiger partial charge is 0.229 e. The first-order chi connectivity index (χ1) is 17.8. The Morgan fingerprint density at radius 3 is 2.59 bits per heavy atom. The van der Waals surface area contributed by atoms with Gasteiger partial charge in [-0.05, 0) is 65.8 Å². The Labute approximate surface area is 224 Å². The molecule has 0 aliphatic carbocycles. The highest BCUT2D eigenvalue weighted by Gasteiger charge is 2.30. The standard InChI is InChI=1S/C27H42N8OS/c1-7-32(8-2)26(36)21-10-9-13-33(16-21)27-30-24(28-12-14-34(19(3)4)20(5)6)23-25(31-27)35(18-29-23)22-11-15-37-17-22/h11,15,17-21H,7-10,12-14,16H2,1-6H3,(H,28,30,31). The van der Waals surface area contributed by atoms with E-state index in [1.54, 1.807) is 11.3 Å². The molecule has 1 aliphatic heterocycles. The molecule has 1 unspecified atom stereocenters. The van der Waals surface area contributed by atoms with Gasteiger partial charge in [0.15, 0.2) is 17.0 Å². The van der Waals surface area contributed by atoms with E-state index in [1.165, 1.54) is 0 Å². The van der Waals surface area contributed by atoms with Crippen molar-refractivity contribution < 1.29 is 4.79 Å². The zero-order valence-corrected chi connectivity index (χ0v) is 24.0. The first kappa shape index (κ1) is 27.3. The minimum atomic E-state index is -0.0308. The lowest BCUT2D eigenvalue weighted by Gasteiger charge is -2.34. The quantitative estimate of drug-likeness (QED) is 0.394. The summed E-state index contributed by atoms with van der Waals surface area (Å²) in [6.07, 6.45) is 3.68. The number of nitrogens with zero attached hydrogens (tertiary/aromatic N) is 7. The number of carbonyl (C=O) groups excluding carboxylic acids is 1. The third-order valence-electron chi connectivity index (χ3n) is 7.29. The third-order valence-corrected chi connectivity index (χ3v) is 7.96. The lowest BCUT2D eigenvalue weighted by molar-refractivity contribution is -0.135. The van der Waals surface area contributed by atoms with Crippen molar-refractivity contribution in [3.63, 3.8) is 0 Å². The molecule has 3 aromatic heterocycles. The van der Waals surface area contributed by atoms with Crippen molar-refractivity contribution >= 4 is 40.2 Å². The summed E-state index contributed by atoms with van der Waals surface area (Å²) in [6.45, 7) is 17.6. The molecular weight excluding hydrogens is 484 g/mol. The molecule has 3 aromatic rings. The van der Waals surface area contributed by atoms with Gasteiger partial charge in [0.25, 0.3) is 0 Å². The van der Waals surface area contributed by atoms with Crippen LogP contribution < -0.4 is 10.2 Å². The van der Waals surface area contributed by atoms with Gasteiger partial charge >= 0.3 is 0 Å². The molecule has 0 aromatic carbocycles. The molecule has 0 saturated carbocycles.